The monoisotopic (exact) mass is 475 g/mol. The van der Waals surface area contributed by atoms with Crippen LogP contribution in [0.5, 0.6) is 0 Å². The van der Waals surface area contributed by atoms with Gasteiger partial charge < -0.3 is 15.0 Å². The molecule has 1 amide bonds. The Bertz CT molecular complexity index is 1060. The van der Waals surface area contributed by atoms with Gasteiger partial charge in [-0.3, -0.25) is 4.79 Å². The second kappa shape index (κ2) is 10.6. The van der Waals surface area contributed by atoms with Crippen molar-refractivity contribution < 1.29 is 22.3 Å². The Hall–Kier alpha value is -2.49. The highest BCUT2D eigenvalue weighted by Gasteiger charge is 2.28. The van der Waals surface area contributed by atoms with E-state index in [0.29, 0.717) is 37.6 Å². The third-order valence-electron chi connectivity index (χ3n) is 6.07. The molecular formula is C24H30FN3O4S. The standard InChI is InChI=1S/C24H30FN3O4S/c25-20-7-5-19(6-8-20)17-24(29)26-22-18-21(33(30,31)28-13-15-32-16-14-28)9-10-23(22)27-11-3-1-2-4-12-27/h5-10,18H,1-4,11-17H2,(H,26,29). The molecule has 33 heavy (non-hydrogen) atoms. The highest BCUT2D eigenvalue weighted by atomic mass is 32.2. The Balaban J connectivity index is 1.62. The van der Waals surface area contributed by atoms with E-state index in [-0.39, 0.29) is 23.0 Å². The Morgan fingerprint density at radius 2 is 1.61 bits per heavy atom. The van der Waals surface area contributed by atoms with E-state index in [1.165, 1.54) is 16.4 Å². The van der Waals surface area contributed by atoms with E-state index >= 15 is 0 Å². The van der Waals surface area contributed by atoms with Crippen LogP contribution in [0.1, 0.15) is 31.2 Å². The van der Waals surface area contributed by atoms with E-state index in [1.54, 1.807) is 30.3 Å². The minimum absolute atomic E-state index is 0.0696. The summed E-state index contributed by atoms with van der Waals surface area (Å²) in [5.41, 5.74) is 1.99. The minimum Gasteiger partial charge on any atom is -0.379 e. The molecule has 0 aromatic heterocycles. The maximum atomic E-state index is 13.2. The van der Waals surface area contributed by atoms with Crippen molar-refractivity contribution in [2.24, 2.45) is 0 Å². The Morgan fingerprint density at radius 1 is 0.939 bits per heavy atom. The number of ether oxygens (including phenoxy) is 1. The number of hydrogen-bond donors (Lipinski definition) is 1. The van der Waals surface area contributed by atoms with Gasteiger partial charge >= 0.3 is 0 Å². The zero-order chi connectivity index (χ0) is 23.3. The number of nitrogens with one attached hydrogen (secondary N) is 1. The maximum absolute atomic E-state index is 13.2. The van der Waals surface area contributed by atoms with Crippen LogP contribution < -0.4 is 10.2 Å². The molecule has 0 atom stereocenters. The van der Waals surface area contributed by atoms with Gasteiger partial charge in [-0.1, -0.05) is 25.0 Å². The summed E-state index contributed by atoms with van der Waals surface area (Å²) in [5.74, 6) is -0.637. The fourth-order valence-electron chi connectivity index (χ4n) is 4.28. The van der Waals surface area contributed by atoms with E-state index in [4.69, 9.17) is 4.74 Å². The van der Waals surface area contributed by atoms with Crippen LogP contribution >= 0.6 is 0 Å². The third-order valence-corrected chi connectivity index (χ3v) is 7.97. The molecule has 0 spiro atoms. The molecule has 4 rings (SSSR count). The molecule has 9 heteroatoms. The summed E-state index contributed by atoms with van der Waals surface area (Å²) in [6, 6.07) is 10.8. The second-order valence-electron chi connectivity index (χ2n) is 8.45. The van der Waals surface area contributed by atoms with Crippen LogP contribution in [0.3, 0.4) is 0 Å². The van der Waals surface area contributed by atoms with Crippen molar-refractivity contribution in [2.45, 2.75) is 37.0 Å². The molecule has 0 unspecified atom stereocenters. The molecule has 7 nitrogen and oxygen atoms in total. The van der Waals surface area contributed by atoms with Crippen molar-refractivity contribution in [3.8, 4) is 0 Å². The molecular weight excluding hydrogens is 445 g/mol. The van der Waals surface area contributed by atoms with Crippen LogP contribution in [-0.4, -0.2) is 58.0 Å². The average molecular weight is 476 g/mol. The van der Waals surface area contributed by atoms with Gasteiger partial charge in [0.25, 0.3) is 0 Å². The van der Waals surface area contributed by atoms with Gasteiger partial charge in [-0.15, -0.1) is 0 Å². The first kappa shape index (κ1) is 23.7. The van der Waals surface area contributed by atoms with Crippen molar-refractivity contribution in [1.82, 2.24) is 4.31 Å². The lowest BCUT2D eigenvalue weighted by Gasteiger charge is -2.28. The van der Waals surface area contributed by atoms with Crippen LogP contribution in [0.4, 0.5) is 15.8 Å². The van der Waals surface area contributed by atoms with Gasteiger partial charge in [0.1, 0.15) is 5.82 Å². The number of morpholine rings is 1. The van der Waals surface area contributed by atoms with E-state index in [0.717, 1.165) is 44.5 Å². The van der Waals surface area contributed by atoms with Gasteiger partial charge in [0.2, 0.25) is 15.9 Å². The molecule has 2 aromatic carbocycles. The van der Waals surface area contributed by atoms with Crippen molar-refractivity contribution in [3.63, 3.8) is 0 Å². The molecule has 1 N–H and O–H groups in total. The smallest absolute Gasteiger partial charge is 0.243 e. The summed E-state index contributed by atoms with van der Waals surface area (Å²) >= 11 is 0. The number of sulfonamides is 1. The molecule has 0 aliphatic carbocycles. The summed E-state index contributed by atoms with van der Waals surface area (Å²) in [7, 11) is -3.70. The van der Waals surface area contributed by atoms with Gasteiger partial charge in [-0.25, -0.2) is 12.8 Å². The van der Waals surface area contributed by atoms with Crippen LogP contribution in [0, 0.1) is 5.82 Å². The number of halogens is 1. The predicted molar refractivity (Wildman–Crippen MR) is 125 cm³/mol. The van der Waals surface area contributed by atoms with Gasteiger partial charge in [0, 0.05) is 26.2 Å². The topological polar surface area (TPSA) is 79.0 Å². The first-order chi connectivity index (χ1) is 15.9. The van der Waals surface area contributed by atoms with Crippen LogP contribution in [0.2, 0.25) is 0 Å². The number of anilines is 2. The highest BCUT2D eigenvalue weighted by Crippen LogP contribution is 2.32. The minimum atomic E-state index is -3.70. The van der Waals surface area contributed by atoms with Crippen molar-refractivity contribution in [1.29, 1.82) is 0 Å². The van der Waals surface area contributed by atoms with E-state index < -0.39 is 10.0 Å². The average Bonchev–Trinajstić information content (AvgIpc) is 3.10. The molecule has 2 saturated heterocycles. The molecule has 2 aliphatic heterocycles. The van der Waals surface area contributed by atoms with Gasteiger partial charge in [0.15, 0.2) is 0 Å². The van der Waals surface area contributed by atoms with Crippen molar-refractivity contribution in [2.75, 3.05) is 49.6 Å². The lowest BCUT2D eigenvalue weighted by Crippen LogP contribution is -2.40. The Labute approximate surface area is 194 Å². The lowest BCUT2D eigenvalue weighted by molar-refractivity contribution is -0.115. The molecule has 2 aliphatic rings. The number of benzene rings is 2. The van der Waals surface area contributed by atoms with E-state index in [9.17, 15) is 17.6 Å². The first-order valence-corrected chi connectivity index (χ1v) is 12.9. The summed E-state index contributed by atoms with van der Waals surface area (Å²) in [6.45, 7) is 3.07. The molecule has 2 aromatic rings. The van der Waals surface area contributed by atoms with Crippen molar-refractivity contribution in [3.05, 3.63) is 53.8 Å². The number of hydrogen-bond acceptors (Lipinski definition) is 5. The van der Waals surface area contributed by atoms with Crippen LogP contribution in [0.15, 0.2) is 47.4 Å². The van der Waals surface area contributed by atoms with Crippen molar-refractivity contribution >= 4 is 27.3 Å². The Morgan fingerprint density at radius 3 is 2.27 bits per heavy atom. The quantitative estimate of drug-likeness (QED) is 0.693. The number of carbonyl (C=O) groups excluding carboxylic acids is 1. The van der Waals surface area contributed by atoms with Gasteiger partial charge in [0.05, 0.1) is 35.9 Å². The molecule has 0 radical (unpaired) electrons. The normalized spacial score (nSPS) is 18.0. The maximum Gasteiger partial charge on any atom is 0.243 e. The second-order valence-corrected chi connectivity index (χ2v) is 10.4. The first-order valence-electron chi connectivity index (χ1n) is 11.4. The summed E-state index contributed by atoms with van der Waals surface area (Å²) in [4.78, 5) is 15.2. The zero-order valence-electron chi connectivity index (χ0n) is 18.6. The molecule has 2 fully saturated rings. The highest BCUT2D eigenvalue weighted by molar-refractivity contribution is 7.89. The molecule has 0 saturated carbocycles. The molecule has 0 bridgehead atoms. The summed E-state index contributed by atoms with van der Waals surface area (Å²) in [6.07, 6.45) is 4.49. The fourth-order valence-corrected chi connectivity index (χ4v) is 5.72. The van der Waals surface area contributed by atoms with E-state index in [1.807, 2.05) is 0 Å². The third kappa shape index (κ3) is 5.90. The summed E-state index contributed by atoms with van der Waals surface area (Å²) in [5, 5.41) is 2.92. The van der Waals surface area contributed by atoms with Gasteiger partial charge in [-0.05, 0) is 48.7 Å². The number of carbonyl (C=O) groups is 1. The van der Waals surface area contributed by atoms with Crippen LogP contribution in [-0.2, 0) is 26.0 Å². The summed E-state index contributed by atoms with van der Waals surface area (Å²) < 4.78 is 46.3. The zero-order valence-corrected chi connectivity index (χ0v) is 19.4. The van der Waals surface area contributed by atoms with E-state index in [2.05, 4.69) is 10.2 Å². The molecule has 178 valence electrons. The lowest BCUT2D eigenvalue weighted by atomic mass is 10.1. The number of amides is 1. The Kier molecular flexibility index (Phi) is 7.62. The predicted octanol–water partition coefficient (Wildman–Crippen LogP) is 3.41. The van der Waals surface area contributed by atoms with Gasteiger partial charge in [-0.2, -0.15) is 4.31 Å². The number of nitrogens with zero attached hydrogens (tertiary/aromatic N) is 2. The fraction of sp³-hybridized carbons (Fsp3) is 0.458. The molecule has 2 heterocycles. The van der Waals surface area contributed by atoms with Crippen LogP contribution in [0.25, 0.3) is 0 Å². The SMILES string of the molecule is O=C(Cc1ccc(F)cc1)Nc1cc(S(=O)(=O)N2CCOCC2)ccc1N1CCCCCC1. The number of rotatable bonds is 6. The largest absolute Gasteiger partial charge is 0.379 e.